The molecule has 0 atom stereocenters. The number of nitriles is 1. The SMILES string of the molecule is N#Cc1cccc(CN(C(=O)OCc2ccccc2)c2ccc3[nH]c(=O)[nH]c3c2)c1. The summed E-state index contributed by atoms with van der Waals surface area (Å²) in [5, 5.41) is 9.16. The normalized spacial score (nSPS) is 10.5. The molecule has 4 aromatic rings. The summed E-state index contributed by atoms with van der Waals surface area (Å²) >= 11 is 0. The van der Waals surface area contributed by atoms with Crippen LogP contribution in [0.25, 0.3) is 11.0 Å². The van der Waals surface area contributed by atoms with Crippen LogP contribution in [0, 0.1) is 11.3 Å². The molecule has 0 radical (unpaired) electrons. The van der Waals surface area contributed by atoms with Gasteiger partial charge in [0.05, 0.1) is 29.2 Å². The predicted molar refractivity (Wildman–Crippen MR) is 113 cm³/mol. The third kappa shape index (κ3) is 4.23. The summed E-state index contributed by atoms with van der Waals surface area (Å²) in [6.07, 6.45) is -0.529. The molecule has 0 bridgehead atoms. The molecule has 2 N–H and O–H groups in total. The van der Waals surface area contributed by atoms with E-state index in [9.17, 15) is 9.59 Å². The van der Waals surface area contributed by atoms with Crippen LogP contribution in [0.2, 0.25) is 0 Å². The van der Waals surface area contributed by atoms with Gasteiger partial charge in [-0.05, 0) is 41.5 Å². The number of aromatic nitrogens is 2. The maximum absolute atomic E-state index is 13.0. The summed E-state index contributed by atoms with van der Waals surface area (Å²) < 4.78 is 5.53. The third-order valence-electron chi connectivity index (χ3n) is 4.63. The average molecular weight is 398 g/mol. The van der Waals surface area contributed by atoms with Gasteiger partial charge in [-0.25, -0.2) is 9.59 Å². The highest BCUT2D eigenvalue weighted by Crippen LogP contribution is 2.23. The summed E-state index contributed by atoms with van der Waals surface area (Å²) in [6.45, 7) is 0.348. The van der Waals surface area contributed by atoms with Gasteiger partial charge in [0.1, 0.15) is 6.61 Å². The molecule has 3 aromatic carbocycles. The Hall–Kier alpha value is -4.31. The molecule has 0 unspecified atom stereocenters. The largest absolute Gasteiger partial charge is 0.444 e. The van der Waals surface area contributed by atoms with Crippen LogP contribution in [0.5, 0.6) is 0 Å². The standard InChI is InChI=1S/C23H18N4O3/c24-13-17-7-4-8-18(11-17)14-27(23(29)30-15-16-5-2-1-3-6-16)19-9-10-20-21(12-19)26-22(28)25-20/h1-12H,14-15H2,(H2,25,26,28). The minimum absolute atomic E-state index is 0.137. The fraction of sp³-hybridized carbons (Fsp3) is 0.0870. The number of benzene rings is 3. The molecule has 0 saturated carbocycles. The van der Waals surface area contributed by atoms with Crippen LogP contribution in [0.15, 0.2) is 77.6 Å². The Kier molecular flexibility index (Phi) is 5.31. The number of carbonyl (C=O) groups excluding carboxylic acids is 1. The number of H-pyrrole nitrogens is 2. The highest BCUT2D eigenvalue weighted by atomic mass is 16.6. The number of amides is 1. The molecule has 7 heteroatoms. The first-order chi connectivity index (χ1) is 14.6. The van der Waals surface area contributed by atoms with Gasteiger partial charge < -0.3 is 14.7 Å². The van der Waals surface area contributed by atoms with Crippen LogP contribution in [-0.2, 0) is 17.9 Å². The molecule has 30 heavy (non-hydrogen) atoms. The van der Waals surface area contributed by atoms with E-state index in [1.165, 1.54) is 4.90 Å². The Morgan fingerprint density at radius 3 is 2.50 bits per heavy atom. The number of aromatic amines is 2. The lowest BCUT2D eigenvalue weighted by Crippen LogP contribution is -2.31. The number of hydrogen-bond acceptors (Lipinski definition) is 4. The smallest absolute Gasteiger partial charge is 0.414 e. The second-order valence-electron chi connectivity index (χ2n) is 6.75. The summed E-state index contributed by atoms with van der Waals surface area (Å²) in [7, 11) is 0. The molecule has 0 aliphatic carbocycles. The summed E-state index contributed by atoms with van der Waals surface area (Å²) in [5.74, 6) is 0. The number of nitrogens with one attached hydrogen (secondary N) is 2. The number of imidazole rings is 1. The molecule has 0 saturated heterocycles. The van der Waals surface area contributed by atoms with Gasteiger partial charge in [-0.1, -0.05) is 42.5 Å². The van der Waals surface area contributed by atoms with E-state index in [0.717, 1.165) is 11.1 Å². The molecular weight excluding hydrogens is 380 g/mol. The van der Waals surface area contributed by atoms with E-state index in [1.807, 2.05) is 36.4 Å². The van der Waals surface area contributed by atoms with E-state index >= 15 is 0 Å². The van der Waals surface area contributed by atoms with Crippen molar-refractivity contribution >= 4 is 22.8 Å². The maximum Gasteiger partial charge on any atom is 0.414 e. The van der Waals surface area contributed by atoms with Crippen molar-refractivity contribution in [2.24, 2.45) is 0 Å². The van der Waals surface area contributed by atoms with Gasteiger partial charge in [0, 0.05) is 5.69 Å². The van der Waals surface area contributed by atoms with E-state index in [1.54, 1.807) is 36.4 Å². The molecule has 4 rings (SSSR count). The van der Waals surface area contributed by atoms with Crippen LogP contribution in [-0.4, -0.2) is 16.1 Å². The highest BCUT2D eigenvalue weighted by Gasteiger charge is 2.19. The zero-order valence-electron chi connectivity index (χ0n) is 16.0. The van der Waals surface area contributed by atoms with Gasteiger partial charge in [0.15, 0.2) is 0 Å². The van der Waals surface area contributed by atoms with Gasteiger partial charge >= 0.3 is 11.8 Å². The second-order valence-corrected chi connectivity index (χ2v) is 6.75. The highest BCUT2D eigenvalue weighted by molar-refractivity contribution is 5.90. The van der Waals surface area contributed by atoms with Crippen LogP contribution in [0.4, 0.5) is 10.5 Å². The van der Waals surface area contributed by atoms with Crippen molar-refractivity contribution in [3.8, 4) is 6.07 Å². The molecule has 148 valence electrons. The van der Waals surface area contributed by atoms with Crippen molar-refractivity contribution in [2.75, 3.05) is 4.90 Å². The predicted octanol–water partition coefficient (Wildman–Crippen LogP) is 4.07. The molecule has 0 fully saturated rings. The van der Waals surface area contributed by atoms with Gasteiger partial charge in [-0.2, -0.15) is 5.26 Å². The quantitative estimate of drug-likeness (QED) is 0.529. The van der Waals surface area contributed by atoms with Crippen molar-refractivity contribution in [2.45, 2.75) is 13.2 Å². The molecule has 1 heterocycles. The van der Waals surface area contributed by atoms with Gasteiger partial charge in [0.2, 0.25) is 0 Å². The van der Waals surface area contributed by atoms with E-state index in [-0.39, 0.29) is 18.8 Å². The lowest BCUT2D eigenvalue weighted by atomic mass is 10.1. The van der Waals surface area contributed by atoms with E-state index < -0.39 is 6.09 Å². The van der Waals surface area contributed by atoms with Crippen molar-refractivity contribution in [1.82, 2.24) is 9.97 Å². The molecule has 1 amide bonds. The van der Waals surface area contributed by atoms with Gasteiger partial charge in [-0.15, -0.1) is 0 Å². The lowest BCUT2D eigenvalue weighted by Gasteiger charge is -2.22. The monoisotopic (exact) mass is 398 g/mol. The number of hydrogen-bond donors (Lipinski definition) is 2. The lowest BCUT2D eigenvalue weighted by molar-refractivity contribution is 0.146. The van der Waals surface area contributed by atoms with Crippen LogP contribution >= 0.6 is 0 Å². The van der Waals surface area contributed by atoms with E-state index in [2.05, 4.69) is 16.0 Å². The third-order valence-corrected chi connectivity index (χ3v) is 4.63. The van der Waals surface area contributed by atoms with E-state index in [4.69, 9.17) is 10.00 Å². The minimum Gasteiger partial charge on any atom is -0.444 e. The van der Waals surface area contributed by atoms with Gasteiger partial charge in [-0.3, -0.25) is 4.90 Å². The first kappa shape index (κ1) is 19.0. The first-order valence-electron chi connectivity index (χ1n) is 9.32. The fourth-order valence-electron chi connectivity index (χ4n) is 3.17. The Balaban J connectivity index is 1.64. The molecular formula is C23H18N4O3. The molecule has 7 nitrogen and oxygen atoms in total. The van der Waals surface area contributed by atoms with Crippen LogP contribution < -0.4 is 10.6 Å². The number of carbonyl (C=O) groups is 1. The van der Waals surface area contributed by atoms with Crippen molar-refractivity contribution in [3.63, 3.8) is 0 Å². The molecule has 0 aliphatic rings. The topological polar surface area (TPSA) is 102 Å². The minimum atomic E-state index is -0.529. The number of nitrogens with zero attached hydrogens (tertiary/aromatic N) is 2. The Morgan fingerprint density at radius 1 is 0.933 bits per heavy atom. The van der Waals surface area contributed by atoms with Crippen molar-refractivity contribution < 1.29 is 9.53 Å². The molecule has 0 spiro atoms. The van der Waals surface area contributed by atoms with Crippen molar-refractivity contribution in [3.05, 3.63) is 100.0 Å². The molecule has 0 aliphatic heterocycles. The number of anilines is 1. The Labute approximate surface area is 172 Å². The zero-order chi connectivity index (χ0) is 20.9. The first-order valence-corrected chi connectivity index (χ1v) is 9.32. The second kappa shape index (κ2) is 8.37. The Morgan fingerprint density at radius 2 is 1.70 bits per heavy atom. The van der Waals surface area contributed by atoms with Crippen LogP contribution in [0.3, 0.4) is 0 Å². The summed E-state index contributed by atoms with van der Waals surface area (Å²) in [5.41, 5.74) is 3.66. The average Bonchev–Trinajstić information content (AvgIpc) is 3.16. The zero-order valence-corrected chi connectivity index (χ0v) is 16.0. The Bertz CT molecular complexity index is 1290. The number of ether oxygens (including phenoxy) is 1. The number of rotatable bonds is 5. The van der Waals surface area contributed by atoms with Crippen molar-refractivity contribution in [1.29, 1.82) is 5.26 Å². The fourth-order valence-corrected chi connectivity index (χ4v) is 3.17. The number of fused-ring (bicyclic) bond motifs is 1. The molecule has 1 aromatic heterocycles. The summed E-state index contributed by atoms with van der Waals surface area (Å²) in [4.78, 5) is 31.4. The van der Waals surface area contributed by atoms with E-state index in [0.29, 0.717) is 22.3 Å². The summed E-state index contributed by atoms with van der Waals surface area (Å²) in [6, 6.07) is 23.8. The van der Waals surface area contributed by atoms with Crippen LogP contribution in [0.1, 0.15) is 16.7 Å². The maximum atomic E-state index is 13.0. The van der Waals surface area contributed by atoms with Gasteiger partial charge in [0.25, 0.3) is 0 Å².